The van der Waals surface area contributed by atoms with Gasteiger partial charge in [-0.2, -0.15) is 0 Å². The van der Waals surface area contributed by atoms with Gasteiger partial charge in [0, 0.05) is 29.9 Å². The van der Waals surface area contributed by atoms with E-state index in [9.17, 15) is 9.59 Å². The van der Waals surface area contributed by atoms with Gasteiger partial charge in [-0.05, 0) is 24.1 Å². The lowest BCUT2D eigenvalue weighted by atomic mass is 9.95. The molecule has 0 bridgehead atoms. The molecule has 1 aliphatic rings. The summed E-state index contributed by atoms with van der Waals surface area (Å²) in [6.45, 7) is 6.85. The van der Waals surface area contributed by atoms with Gasteiger partial charge >= 0.3 is 0 Å². The Hall–Kier alpha value is -1.55. The largest absolute Gasteiger partial charge is 0.351 e. The molecule has 0 unspecified atom stereocenters. The van der Waals surface area contributed by atoms with Gasteiger partial charge in [-0.3, -0.25) is 9.59 Å². The molecular weight excluding hydrogens is 300 g/mol. The van der Waals surface area contributed by atoms with E-state index in [1.165, 1.54) is 0 Å². The summed E-state index contributed by atoms with van der Waals surface area (Å²) in [5.74, 6) is 0.0863. The van der Waals surface area contributed by atoms with E-state index in [4.69, 9.17) is 11.6 Å². The number of hydrogen-bond donors (Lipinski definition) is 1. The quantitative estimate of drug-likeness (QED) is 0.926. The SMILES string of the molecule is CC(C)(C)C(=O)N[C@@H]1CC(=O)N(CCc2cccc(Cl)c2)C1. The number of hydrogen-bond acceptors (Lipinski definition) is 2. The molecule has 2 amide bonds. The molecule has 1 saturated heterocycles. The van der Waals surface area contributed by atoms with Gasteiger partial charge < -0.3 is 10.2 Å². The summed E-state index contributed by atoms with van der Waals surface area (Å²) in [6.07, 6.45) is 1.16. The molecule has 1 N–H and O–H groups in total. The van der Waals surface area contributed by atoms with Crippen molar-refractivity contribution >= 4 is 23.4 Å². The first-order chi connectivity index (χ1) is 10.3. The van der Waals surface area contributed by atoms with Crippen LogP contribution in [0.4, 0.5) is 0 Å². The maximum Gasteiger partial charge on any atom is 0.225 e. The average Bonchev–Trinajstić information content (AvgIpc) is 2.75. The number of nitrogens with one attached hydrogen (secondary N) is 1. The number of halogens is 1. The van der Waals surface area contributed by atoms with E-state index in [-0.39, 0.29) is 17.9 Å². The molecule has 0 aromatic heterocycles. The Morgan fingerprint density at radius 2 is 2.14 bits per heavy atom. The van der Waals surface area contributed by atoms with E-state index in [1.54, 1.807) is 0 Å². The van der Waals surface area contributed by atoms with Gasteiger partial charge in [0.15, 0.2) is 0 Å². The van der Waals surface area contributed by atoms with E-state index < -0.39 is 5.41 Å². The van der Waals surface area contributed by atoms with E-state index in [2.05, 4.69) is 5.32 Å². The van der Waals surface area contributed by atoms with Gasteiger partial charge in [0.25, 0.3) is 0 Å². The minimum atomic E-state index is -0.433. The molecule has 22 heavy (non-hydrogen) atoms. The molecule has 1 heterocycles. The number of carbonyl (C=O) groups is 2. The van der Waals surface area contributed by atoms with E-state index in [1.807, 2.05) is 49.9 Å². The highest BCUT2D eigenvalue weighted by atomic mass is 35.5. The van der Waals surface area contributed by atoms with Crippen molar-refractivity contribution in [1.29, 1.82) is 0 Å². The first-order valence-electron chi connectivity index (χ1n) is 7.59. The van der Waals surface area contributed by atoms with Gasteiger partial charge in [-0.15, -0.1) is 0 Å². The molecule has 1 atom stereocenters. The van der Waals surface area contributed by atoms with Crippen LogP contribution in [0, 0.1) is 5.41 Å². The number of carbonyl (C=O) groups excluding carboxylic acids is 2. The van der Waals surface area contributed by atoms with Crippen LogP contribution in [0.3, 0.4) is 0 Å². The van der Waals surface area contributed by atoms with E-state index in [0.29, 0.717) is 24.5 Å². The number of likely N-dealkylation sites (tertiary alicyclic amines) is 1. The highest BCUT2D eigenvalue weighted by Crippen LogP contribution is 2.17. The van der Waals surface area contributed by atoms with Gasteiger partial charge in [-0.1, -0.05) is 44.5 Å². The van der Waals surface area contributed by atoms with Crippen LogP contribution in [-0.2, 0) is 16.0 Å². The highest BCUT2D eigenvalue weighted by Gasteiger charge is 2.32. The summed E-state index contributed by atoms with van der Waals surface area (Å²) in [7, 11) is 0. The van der Waals surface area contributed by atoms with Crippen LogP contribution in [-0.4, -0.2) is 35.8 Å². The van der Waals surface area contributed by atoms with Crippen LogP contribution in [0.25, 0.3) is 0 Å². The smallest absolute Gasteiger partial charge is 0.225 e. The Labute approximate surface area is 136 Å². The van der Waals surface area contributed by atoms with E-state index >= 15 is 0 Å². The monoisotopic (exact) mass is 322 g/mol. The molecule has 0 saturated carbocycles. The van der Waals surface area contributed by atoms with Crippen molar-refractivity contribution in [3.05, 3.63) is 34.9 Å². The zero-order valence-corrected chi connectivity index (χ0v) is 14.1. The maximum atomic E-state index is 12.1. The predicted octanol–water partition coefficient (Wildman–Crippen LogP) is 2.65. The Bertz CT molecular complexity index is 566. The number of amides is 2. The Morgan fingerprint density at radius 1 is 1.41 bits per heavy atom. The lowest BCUT2D eigenvalue weighted by Crippen LogP contribution is -2.43. The molecule has 5 heteroatoms. The molecule has 1 aliphatic heterocycles. The van der Waals surface area contributed by atoms with Crippen LogP contribution in [0.1, 0.15) is 32.8 Å². The van der Waals surface area contributed by atoms with Crippen molar-refractivity contribution in [3.8, 4) is 0 Å². The molecule has 120 valence electrons. The van der Waals surface area contributed by atoms with Crippen molar-refractivity contribution in [3.63, 3.8) is 0 Å². The predicted molar refractivity (Wildman–Crippen MR) is 87.7 cm³/mol. The van der Waals surface area contributed by atoms with Crippen molar-refractivity contribution in [1.82, 2.24) is 10.2 Å². The zero-order chi connectivity index (χ0) is 16.3. The van der Waals surface area contributed by atoms with E-state index in [0.717, 1.165) is 12.0 Å². The van der Waals surface area contributed by atoms with Gasteiger partial charge in [-0.25, -0.2) is 0 Å². The number of rotatable bonds is 4. The average molecular weight is 323 g/mol. The summed E-state index contributed by atoms with van der Waals surface area (Å²) in [5, 5.41) is 3.67. The minimum Gasteiger partial charge on any atom is -0.351 e. The first-order valence-corrected chi connectivity index (χ1v) is 7.96. The minimum absolute atomic E-state index is 0.0120. The summed E-state index contributed by atoms with van der Waals surface area (Å²) < 4.78 is 0. The fraction of sp³-hybridized carbons (Fsp3) is 0.529. The second-order valence-electron chi connectivity index (χ2n) is 6.84. The van der Waals surface area contributed by atoms with Gasteiger partial charge in [0.2, 0.25) is 11.8 Å². The number of nitrogens with zero attached hydrogens (tertiary/aromatic N) is 1. The second kappa shape index (κ2) is 6.69. The van der Waals surface area contributed by atoms with Crippen LogP contribution in [0.2, 0.25) is 5.02 Å². The fourth-order valence-corrected chi connectivity index (χ4v) is 2.66. The molecular formula is C17H23ClN2O2. The van der Waals surface area contributed by atoms with Crippen LogP contribution >= 0.6 is 11.6 Å². The molecule has 1 aromatic carbocycles. The van der Waals surface area contributed by atoms with Gasteiger partial charge in [0.1, 0.15) is 0 Å². The molecule has 0 aliphatic carbocycles. The molecule has 0 radical (unpaired) electrons. The Morgan fingerprint density at radius 3 is 2.77 bits per heavy atom. The lowest BCUT2D eigenvalue weighted by molar-refractivity contribution is -0.129. The number of benzene rings is 1. The maximum absolute atomic E-state index is 12.1. The van der Waals surface area contributed by atoms with Crippen LogP contribution in [0.5, 0.6) is 0 Å². The topological polar surface area (TPSA) is 49.4 Å². The fourth-order valence-electron chi connectivity index (χ4n) is 2.44. The Kier molecular flexibility index (Phi) is 5.12. The van der Waals surface area contributed by atoms with Crippen molar-refractivity contribution < 1.29 is 9.59 Å². The summed E-state index contributed by atoms with van der Waals surface area (Å²) in [4.78, 5) is 25.9. The van der Waals surface area contributed by atoms with Crippen LogP contribution in [0.15, 0.2) is 24.3 Å². The normalized spacial score (nSPS) is 18.6. The molecule has 2 rings (SSSR count). The molecule has 0 spiro atoms. The van der Waals surface area contributed by atoms with Crippen molar-refractivity contribution in [2.75, 3.05) is 13.1 Å². The highest BCUT2D eigenvalue weighted by molar-refractivity contribution is 6.30. The lowest BCUT2D eigenvalue weighted by Gasteiger charge is -2.21. The third-order valence-electron chi connectivity index (χ3n) is 3.79. The third-order valence-corrected chi connectivity index (χ3v) is 4.03. The van der Waals surface area contributed by atoms with Gasteiger partial charge in [0.05, 0.1) is 6.04 Å². The van der Waals surface area contributed by atoms with Crippen molar-refractivity contribution in [2.45, 2.75) is 39.7 Å². The summed E-state index contributed by atoms with van der Waals surface area (Å²) in [6, 6.07) is 7.59. The molecule has 1 aromatic rings. The first kappa shape index (κ1) is 16.8. The van der Waals surface area contributed by atoms with Crippen molar-refractivity contribution in [2.24, 2.45) is 5.41 Å². The summed E-state index contributed by atoms with van der Waals surface area (Å²) in [5.41, 5.74) is 0.680. The molecule has 1 fully saturated rings. The summed E-state index contributed by atoms with van der Waals surface area (Å²) >= 11 is 5.96. The zero-order valence-electron chi connectivity index (χ0n) is 13.4. The standard InChI is InChI=1S/C17H23ClN2O2/c1-17(2,3)16(22)19-14-10-15(21)20(11-14)8-7-12-5-4-6-13(18)9-12/h4-6,9,14H,7-8,10-11H2,1-3H3,(H,19,22)/t14-/m1/s1. The van der Waals surface area contributed by atoms with Crippen LogP contribution < -0.4 is 5.32 Å². The third kappa shape index (κ3) is 4.47. The Balaban J connectivity index is 1.86. The second-order valence-corrected chi connectivity index (χ2v) is 7.28. The molecule has 4 nitrogen and oxygen atoms in total.